The normalized spacial score (nSPS) is 21.8. The Kier molecular flexibility index (Phi) is 6.02. The second-order valence-corrected chi connectivity index (χ2v) is 8.83. The molecule has 4 rings (SSSR count). The molecular weight excluding hydrogens is 372 g/mol. The Hall–Kier alpha value is -1.85. The molecule has 3 heterocycles. The van der Waals surface area contributed by atoms with Crippen molar-refractivity contribution in [3.8, 4) is 5.69 Å². The second-order valence-electron chi connectivity index (χ2n) is 8.40. The van der Waals surface area contributed by atoms with Crippen LogP contribution in [0.4, 0.5) is 0 Å². The van der Waals surface area contributed by atoms with Crippen molar-refractivity contribution in [1.29, 1.82) is 0 Å². The van der Waals surface area contributed by atoms with Crippen molar-refractivity contribution in [2.45, 2.75) is 32.6 Å². The summed E-state index contributed by atoms with van der Waals surface area (Å²) in [5, 5.41) is 5.02. The van der Waals surface area contributed by atoms with E-state index in [4.69, 9.17) is 11.6 Å². The van der Waals surface area contributed by atoms with E-state index in [1.54, 1.807) is 10.9 Å². The lowest BCUT2D eigenvalue weighted by atomic mass is 9.94. The van der Waals surface area contributed by atoms with Gasteiger partial charge in [-0.05, 0) is 68.8 Å². The zero-order valence-corrected chi connectivity index (χ0v) is 17.3. The Morgan fingerprint density at radius 3 is 2.82 bits per heavy atom. The zero-order chi connectivity index (χ0) is 19.5. The van der Waals surface area contributed by atoms with E-state index in [9.17, 15) is 4.79 Å². The van der Waals surface area contributed by atoms with E-state index >= 15 is 0 Å². The van der Waals surface area contributed by atoms with Crippen LogP contribution in [0.2, 0.25) is 5.02 Å². The van der Waals surface area contributed by atoms with Gasteiger partial charge in [0.15, 0.2) is 0 Å². The molecule has 1 atom stereocenters. The fraction of sp³-hybridized carbons (Fsp3) is 0.545. The molecule has 0 radical (unpaired) electrons. The van der Waals surface area contributed by atoms with Crippen molar-refractivity contribution in [2.24, 2.45) is 11.8 Å². The number of piperidine rings is 2. The molecule has 2 aliphatic rings. The molecule has 2 aliphatic heterocycles. The molecular formula is C22H29ClN4O. The van der Waals surface area contributed by atoms with E-state index in [2.05, 4.69) is 16.9 Å². The summed E-state index contributed by atoms with van der Waals surface area (Å²) in [7, 11) is 0. The summed E-state index contributed by atoms with van der Waals surface area (Å²) in [6.45, 7) is 7.58. The highest BCUT2D eigenvalue weighted by Crippen LogP contribution is 2.23. The lowest BCUT2D eigenvalue weighted by Gasteiger charge is -2.37. The van der Waals surface area contributed by atoms with Crippen molar-refractivity contribution >= 4 is 17.5 Å². The minimum atomic E-state index is 0.0882. The third kappa shape index (κ3) is 4.58. The summed E-state index contributed by atoms with van der Waals surface area (Å²) in [4.78, 5) is 17.6. The van der Waals surface area contributed by atoms with Crippen molar-refractivity contribution in [2.75, 3.05) is 32.7 Å². The van der Waals surface area contributed by atoms with E-state index < -0.39 is 0 Å². The first-order chi connectivity index (χ1) is 13.6. The van der Waals surface area contributed by atoms with Crippen LogP contribution in [-0.4, -0.2) is 58.2 Å². The van der Waals surface area contributed by atoms with Gasteiger partial charge in [-0.15, -0.1) is 0 Å². The largest absolute Gasteiger partial charge is 0.338 e. The first-order valence-electron chi connectivity index (χ1n) is 10.4. The minimum Gasteiger partial charge on any atom is -0.338 e. The molecule has 2 saturated heterocycles. The Morgan fingerprint density at radius 1 is 1.21 bits per heavy atom. The van der Waals surface area contributed by atoms with Gasteiger partial charge in [0.1, 0.15) is 0 Å². The molecule has 2 aromatic rings. The summed E-state index contributed by atoms with van der Waals surface area (Å²) in [5.41, 5.74) is 1.51. The molecule has 0 aliphatic carbocycles. The van der Waals surface area contributed by atoms with Crippen molar-refractivity contribution < 1.29 is 4.79 Å². The molecule has 0 N–H and O–H groups in total. The van der Waals surface area contributed by atoms with Gasteiger partial charge in [-0.2, -0.15) is 5.10 Å². The van der Waals surface area contributed by atoms with Crippen LogP contribution >= 0.6 is 11.6 Å². The summed E-state index contributed by atoms with van der Waals surface area (Å²) in [5.74, 6) is 1.52. The number of rotatable bonds is 4. The van der Waals surface area contributed by atoms with Crippen LogP contribution in [0.5, 0.6) is 0 Å². The fourth-order valence-corrected chi connectivity index (χ4v) is 4.57. The number of halogens is 1. The highest BCUT2D eigenvalue weighted by Gasteiger charge is 2.27. The number of nitrogens with zero attached hydrogens (tertiary/aromatic N) is 4. The van der Waals surface area contributed by atoms with Crippen molar-refractivity contribution in [3.63, 3.8) is 0 Å². The minimum absolute atomic E-state index is 0.0882. The van der Waals surface area contributed by atoms with Gasteiger partial charge in [-0.1, -0.05) is 24.6 Å². The van der Waals surface area contributed by atoms with Crippen molar-refractivity contribution in [1.82, 2.24) is 19.6 Å². The molecule has 6 heteroatoms. The maximum Gasteiger partial charge on any atom is 0.257 e. The van der Waals surface area contributed by atoms with Crippen LogP contribution in [-0.2, 0) is 0 Å². The van der Waals surface area contributed by atoms with Gasteiger partial charge in [0.2, 0.25) is 0 Å². The first kappa shape index (κ1) is 19.5. The lowest BCUT2D eigenvalue weighted by Crippen LogP contribution is -2.45. The van der Waals surface area contributed by atoms with Gasteiger partial charge in [0.05, 0.1) is 17.4 Å². The molecule has 0 saturated carbocycles. The molecule has 28 heavy (non-hydrogen) atoms. The van der Waals surface area contributed by atoms with E-state index in [0.717, 1.165) is 37.7 Å². The number of amides is 1. The number of aromatic nitrogens is 2. The maximum absolute atomic E-state index is 13.0. The smallest absolute Gasteiger partial charge is 0.257 e. The third-order valence-corrected chi connectivity index (χ3v) is 6.34. The molecule has 150 valence electrons. The third-order valence-electron chi connectivity index (χ3n) is 6.10. The predicted molar refractivity (Wildman–Crippen MR) is 112 cm³/mol. The molecule has 1 aromatic carbocycles. The quantitative estimate of drug-likeness (QED) is 0.775. The van der Waals surface area contributed by atoms with Gasteiger partial charge >= 0.3 is 0 Å². The number of likely N-dealkylation sites (tertiary alicyclic amines) is 2. The van der Waals surface area contributed by atoms with Crippen LogP contribution in [0.1, 0.15) is 43.0 Å². The fourth-order valence-electron chi connectivity index (χ4n) is 4.38. The first-order valence-corrected chi connectivity index (χ1v) is 10.8. The van der Waals surface area contributed by atoms with E-state index in [1.807, 2.05) is 35.4 Å². The predicted octanol–water partition coefficient (Wildman–Crippen LogP) is 4.11. The SMILES string of the molecule is CC1CCN(CC2CCCN(C(=O)c3cnn(-c4cccc(Cl)c4)c3)C2)CC1. The molecule has 1 aromatic heterocycles. The van der Waals surface area contributed by atoms with Crippen molar-refractivity contribution in [3.05, 3.63) is 47.2 Å². The molecule has 1 unspecified atom stereocenters. The number of benzene rings is 1. The lowest BCUT2D eigenvalue weighted by molar-refractivity contribution is 0.0622. The highest BCUT2D eigenvalue weighted by molar-refractivity contribution is 6.30. The number of hydrogen-bond donors (Lipinski definition) is 0. The summed E-state index contributed by atoms with van der Waals surface area (Å²) < 4.78 is 1.72. The highest BCUT2D eigenvalue weighted by atomic mass is 35.5. The Bertz CT molecular complexity index is 812. The second kappa shape index (κ2) is 8.66. The molecule has 2 fully saturated rings. The van der Waals surface area contributed by atoms with Crippen LogP contribution in [0.15, 0.2) is 36.7 Å². The van der Waals surface area contributed by atoms with Crippen LogP contribution in [0.3, 0.4) is 0 Å². The van der Waals surface area contributed by atoms with E-state index in [1.165, 1.54) is 32.4 Å². The summed E-state index contributed by atoms with van der Waals surface area (Å²) in [6, 6.07) is 7.50. The maximum atomic E-state index is 13.0. The average Bonchev–Trinajstić information content (AvgIpc) is 3.20. The van der Waals surface area contributed by atoms with E-state index in [0.29, 0.717) is 16.5 Å². The van der Waals surface area contributed by atoms with Gasteiger partial charge in [-0.25, -0.2) is 4.68 Å². The Labute approximate surface area is 172 Å². The topological polar surface area (TPSA) is 41.4 Å². The molecule has 0 bridgehead atoms. The molecule has 1 amide bonds. The zero-order valence-electron chi connectivity index (χ0n) is 16.6. The number of carbonyl (C=O) groups excluding carboxylic acids is 1. The van der Waals surface area contributed by atoms with Crippen LogP contribution in [0, 0.1) is 11.8 Å². The summed E-state index contributed by atoms with van der Waals surface area (Å²) >= 11 is 6.07. The molecule has 5 nitrogen and oxygen atoms in total. The van der Waals surface area contributed by atoms with Gasteiger partial charge < -0.3 is 9.80 Å². The molecule has 0 spiro atoms. The number of carbonyl (C=O) groups is 1. The van der Waals surface area contributed by atoms with Gasteiger partial charge in [-0.3, -0.25) is 4.79 Å². The van der Waals surface area contributed by atoms with Crippen LogP contribution < -0.4 is 0 Å². The Balaban J connectivity index is 1.38. The van der Waals surface area contributed by atoms with Gasteiger partial charge in [0, 0.05) is 30.9 Å². The standard InChI is InChI=1S/C22H29ClN4O/c1-17-7-10-25(11-8-17)14-18-4-3-9-26(15-18)22(28)19-13-24-27(16-19)21-6-2-5-20(23)12-21/h2,5-6,12-13,16-18H,3-4,7-11,14-15H2,1H3. The van der Waals surface area contributed by atoms with Gasteiger partial charge in [0.25, 0.3) is 5.91 Å². The monoisotopic (exact) mass is 400 g/mol. The Morgan fingerprint density at radius 2 is 2.04 bits per heavy atom. The average molecular weight is 401 g/mol. The number of hydrogen-bond acceptors (Lipinski definition) is 3. The van der Waals surface area contributed by atoms with Crippen LogP contribution in [0.25, 0.3) is 5.69 Å². The summed E-state index contributed by atoms with van der Waals surface area (Å²) in [6.07, 6.45) is 8.39. The van der Waals surface area contributed by atoms with E-state index in [-0.39, 0.29) is 5.91 Å².